The summed E-state index contributed by atoms with van der Waals surface area (Å²) < 4.78 is 0. The second-order valence-electron chi connectivity index (χ2n) is 4.18. The van der Waals surface area contributed by atoms with E-state index in [0.717, 1.165) is 27.9 Å². The molecule has 0 atom stereocenters. The van der Waals surface area contributed by atoms with E-state index >= 15 is 0 Å². The van der Waals surface area contributed by atoms with Crippen molar-refractivity contribution < 1.29 is 0 Å². The monoisotopic (exact) mass is 254 g/mol. The van der Waals surface area contributed by atoms with Gasteiger partial charge in [-0.15, -0.1) is 0 Å². The molecule has 0 spiro atoms. The second kappa shape index (κ2) is 4.39. The van der Waals surface area contributed by atoms with E-state index in [1.54, 1.807) is 6.20 Å². The number of benzene rings is 2. The summed E-state index contributed by atoms with van der Waals surface area (Å²) in [5.41, 5.74) is 4.67. The van der Waals surface area contributed by atoms with Crippen molar-refractivity contribution in [3.8, 4) is 11.3 Å². The predicted molar refractivity (Wildman–Crippen MR) is 74.7 cm³/mol. The topological polar surface area (TPSA) is 25.8 Å². The van der Waals surface area contributed by atoms with Crippen LogP contribution in [0.15, 0.2) is 48.7 Å². The van der Waals surface area contributed by atoms with E-state index < -0.39 is 0 Å². The molecule has 88 valence electrons. The summed E-state index contributed by atoms with van der Waals surface area (Å²) >= 11 is 6.18. The maximum absolute atomic E-state index is 6.18. The molecule has 1 aromatic heterocycles. The standard InChI is InChI=1S/C15H11ClN2/c1-10-5-4-8-13-15(10)18-14(9-17-13)11-6-2-3-7-12(11)16/h2-9H,1H3. The maximum atomic E-state index is 6.18. The molecule has 0 aliphatic rings. The molecule has 0 unspecified atom stereocenters. The Bertz CT molecular complexity index is 723. The van der Waals surface area contributed by atoms with Crippen LogP contribution in [0, 0.1) is 6.92 Å². The first-order valence-electron chi connectivity index (χ1n) is 5.73. The first kappa shape index (κ1) is 11.2. The van der Waals surface area contributed by atoms with Crippen LogP contribution in [0.2, 0.25) is 5.02 Å². The summed E-state index contributed by atoms with van der Waals surface area (Å²) in [5.74, 6) is 0. The van der Waals surface area contributed by atoms with Gasteiger partial charge in [0.25, 0.3) is 0 Å². The smallest absolute Gasteiger partial charge is 0.0923 e. The molecule has 0 bridgehead atoms. The number of halogens is 1. The average Bonchev–Trinajstić information content (AvgIpc) is 2.40. The van der Waals surface area contributed by atoms with E-state index in [-0.39, 0.29) is 0 Å². The number of aromatic nitrogens is 2. The molecule has 0 saturated heterocycles. The normalized spacial score (nSPS) is 10.8. The average molecular weight is 255 g/mol. The van der Waals surface area contributed by atoms with Crippen LogP contribution in [0.5, 0.6) is 0 Å². The van der Waals surface area contributed by atoms with E-state index in [4.69, 9.17) is 11.6 Å². The molecule has 1 heterocycles. The predicted octanol–water partition coefficient (Wildman–Crippen LogP) is 4.26. The van der Waals surface area contributed by atoms with E-state index in [0.29, 0.717) is 5.02 Å². The summed E-state index contributed by atoms with van der Waals surface area (Å²) in [6.07, 6.45) is 1.77. The molecular formula is C15H11ClN2. The fourth-order valence-corrected chi connectivity index (χ4v) is 2.20. The Hall–Kier alpha value is -1.93. The van der Waals surface area contributed by atoms with Crippen LogP contribution >= 0.6 is 11.6 Å². The highest BCUT2D eigenvalue weighted by atomic mass is 35.5. The summed E-state index contributed by atoms with van der Waals surface area (Å²) in [6.45, 7) is 2.04. The van der Waals surface area contributed by atoms with Gasteiger partial charge in [0.2, 0.25) is 0 Å². The molecule has 0 aliphatic carbocycles. The van der Waals surface area contributed by atoms with Gasteiger partial charge in [-0.1, -0.05) is 41.9 Å². The zero-order valence-corrected chi connectivity index (χ0v) is 10.6. The van der Waals surface area contributed by atoms with Crippen LogP contribution in [-0.4, -0.2) is 9.97 Å². The summed E-state index contributed by atoms with van der Waals surface area (Å²) in [5, 5.41) is 0.694. The van der Waals surface area contributed by atoms with Crippen LogP contribution in [0.1, 0.15) is 5.56 Å². The van der Waals surface area contributed by atoms with Gasteiger partial charge in [0.05, 0.1) is 27.9 Å². The molecule has 3 aromatic rings. The van der Waals surface area contributed by atoms with Crippen LogP contribution in [0.25, 0.3) is 22.3 Å². The molecular weight excluding hydrogens is 244 g/mol. The summed E-state index contributed by atoms with van der Waals surface area (Å²) in [6, 6.07) is 13.7. The zero-order valence-electron chi connectivity index (χ0n) is 9.89. The minimum Gasteiger partial charge on any atom is -0.252 e. The van der Waals surface area contributed by atoms with Gasteiger partial charge >= 0.3 is 0 Å². The molecule has 0 fully saturated rings. The highest BCUT2D eigenvalue weighted by Crippen LogP contribution is 2.27. The lowest BCUT2D eigenvalue weighted by molar-refractivity contribution is 1.27. The number of hydrogen-bond donors (Lipinski definition) is 0. The van der Waals surface area contributed by atoms with Gasteiger partial charge in [0.1, 0.15) is 0 Å². The van der Waals surface area contributed by atoms with Crippen molar-refractivity contribution in [2.75, 3.05) is 0 Å². The number of nitrogens with zero attached hydrogens (tertiary/aromatic N) is 2. The van der Waals surface area contributed by atoms with Crippen molar-refractivity contribution in [1.29, 1.82) is 0 Å². The highest BCUT2D eigenvalue weighted by molar-refractivity contribution is 6.33. The molecule has 0 N–H and O–H groups in total. The maximum Gasteiger partial charge on any atom is 0.0923 e. The molecule has 0 saturated carbocycles. The second-order valence-corrected chi connectivity index (χ2v) is 4.58. The molecule has 0 amide bonds. The lowest BCUT2D eigenvalue weighted by Gasteiger charge is -2.06. The number of fused-ring (bicyclic) bond motifs is 1. The van der Waals surface area contributed by atoms with Crippen molar-refractivity contribution in [2.45, 2.75) is 6.92 Å². The number of hydrogen-bond acceptors (Lipinski definition) is 2. The fourth-order valence-electron chi connectivity index (χ4n) is 1.97. The largest absolute Gasteiger partial charge is 0.252 e. The van der Waals surface area contributed by atoms with Crippen LogP contribution in [-0.2, 0) is 0 Å². The van der Waals surface area contributed by atoms with E-state index in [9.17, 15) is 0 Å². The quantitative estimate of drug-likeness (QED) is 0.648. The summed E-state index contributed by atoms with van der Waals surface area (Å²) in [4.78, 5) is 9.10. The van der Waals surface area contributed by atoms with Gasteiger partial charge in [-0.3, -0.25) is 4.98 Å². The van der Waals surface area contributed by atoms with Crippen molar-refractivity contribution in [3.63, 3.8) is 0 Å². The third-order valence-electron chi connectivity index (χ3n) is 2.92. The fraction of sp³-hybridized carbons (Fsp3) is 0.0667. The van der Waals surface area contributed by atoms with E-state index in [2.05, 4.69) is 9.97 Å². The van der Waals surface area contributed by atoms with E-state index in [1.807, 2.05) is 49.4 Å². The molecule has 18 heavy (non-hydrogen) atoms. The van der Waals surface area contributed by atoms with Gasteiger partial charge < -0.3 is 0 Å². The Morgan fingerprint density at radius 3 is 2.67 bits per heavy atom. The number of rotatable bonds is 1. The third-order valence-corrected chi connectivity index (χ3v) is 3.25. The Balaban J connectivity index is 2.26. The van der Waals surface area contributed by atoms with Crippen LogP contribution in [0.4, 0.5) is 0 Å². The third kappa shape index (κ3) is 1.85. The van der Waals surface area contributed by atoms with Gasteiger partial charge in [-0.25, -0.2) is 4.98 Å². The molecule has 0 radical (unpaired) electrons. The van der Waals surface area contributed by atoms with Gasteiger partial charge in [0.15, 0.2) is 0 Å². The Morgan fingerprint density at radius 1 is 1.00 bits per heavy atom. The Morgan fingerprint density at radius 2 is 1.83 bits per heavy atom. The molecule has 2 aromatic carbocycles. The first-order chi connectivity index (χ1) is 8.75. The zero-order chi connectivity index (χ0) is 12.5. The number of para-hydroxylation sites is 1. The number of aryl methyl sites for hydroxylation is 1. The van der Waals surface area contributed by atoms with Gasteiger partial charge in [0, 0.05) is 5.56 Å². The minimum atomic E-state index is 0.694. The van der Waals surface area contributed by atoms with Crippen molar-refractivity contribution in [3.05, 3.63) is 59.2 Å². The van der Waals surface area contributed by atoms with Crippen LogP contribution in [0.3, 0.4) is 0 Å². The molecule has 2 nitrogen and oxygen atoms in total. The summed E-state index contributed by atoms with van der Waals surface area (Å²) in [7, 11) is 0. The lowest BCUT2D eigenvalue weighted by atomic mass is 10.1. The molecule has 3 heteroatoms. The van der Waals surface area contributed by atoms with Gasteiger partial charge in [-0.05, 0) is 24.6 Å². The van der Waals surface area contributed by atoms with Gasteiger partial charge in [-0.2, -0.15) is 0 Å². The Kier molecular flexibility index (Phi) is 2.73. The van der Waals surface area contributed by atoms with Crippen molar-refractivity contribution in [1.82, 2.24) is 9.97 Å². The highest BCUT2D eigenvalue weighted by Gasteiger charge is 2.07. The molecule has 3 rings (SSSR count). The van der Waals surface area contributed by atoms with E-state index in [1.165, 1.54) is 0 Å². The van der Waals surface area contributed by atoms with Crippen molar-refractivity contribution >= 4 is 22.6 Å². The van der Waals surface area contributed by atoms with Crippen LogP contribution < -0.4 is 0 Å². The van der Waals surface area contributed by atoms with Crippen molar-refractivity contribution in [2.24, 2.45) is 0 Å². The minimum absolute atomic E-state index is 0.694. The Labute approximate surface area is 110 Å². The lowest BCUT2D eigenvalue weighted by Crippen LogP contribution is -1.91. The first-order valence-corrected chi connectivity index (χ1v) is 6.11. The molecule has 0 aliphatic heterocycles. The SMILES string of the molecule is Cc1cccc2ncc(-c3ccccc3Cl)nc12.